The lowest BCUT2D eigenvalue weighted by Crippen LogP contribution is -2.71. The Morgan fingerprint density at radius 1 is 1.13 bits per heavy atom. The van der Waals surface area contributed by atoms with Crippen LogP contribution in [0.2, 0.25) is 0 Å². The number of allylic oxidation sites excluding steroid dienone is 2. The van der Waals surface area contributed by atoms with Crippen molar-refractivity contribution in [3.63, 3.8) is 0 Å². The number of hydrogen-bond donors (Lipinski definition) is 1. The normalized spacial score (nSPS) is 40.2. The van der Waals surface area contributed by atoms with E-state index in [2.05, 4.69) is 5.32 Å². The summed E-state index contributed by atoms with van der Waals surface area (Å²) in [6.45, 7) is 9.72. The van der Waals surface area contributed by atoms with E-state index in [1.165, 1.54) is 18.2 Å². The van der Waals surface area contributed by atoms with Crippen LogP contribution in [0, 0.1) is 40.9 Å². The van der Waals surface area contributed by atoms with Crippen molar-refractivity contribution in [2.24, 2.45) is 40.9 Å². The van der Waals surface area contributed by atoms with Gasteiger partial charge in [-0.15, -0.1) is 0 Å². The summed E-state index contributed by atoms with van der Waals surface area (Å²) in [5.41, 5.74) is -5.91. The van der Waals surface area contributed by atoms with Crippen LogP contribution in [0.3, 0.4) is 0 Å². The van der Waals surface area contributed by atoms with Gasteiger partial charge in [-0.25, -0.2) is 4.79 Å². The van der Waals surface area contributed by atoms with Crippen molar-refractivity contribution in [3.05, 3.63) is 47.5 Å². The second-order valence-electron chi connectivity index (χ2n) is 14.2. The van der Waals surface area contributed by atoms with Crippen LogP contribution in [-0.2, 0) is 39.0 Å². The third kappa shape index (κ3) is 4.18. The number of nitrogens with one attached hydrogen (secondary N) is 1. The number of rotatable bonds is 6. The molecule has 8 nitrogen and oxygen atoms in total. The maximum atomic E-state index is 15.1. The zero-order valence-electron chi connectivity index (χ0n) is 26.3. The molecule has 3 heterocycles. The lowest BCUT2D eigenvalue weighted by molar-refractivity contribution is -0.280. The standard InChI is InChI=1S/C34H40F3NO7/c1-16(2)14-21-24-18(4)17(3)15-20-25-23(26(39)22-12-13-31(25,5)45-22)27(28(40)32(20,24)29(41)38-21)44-30(42)33(43-6,34(35,36)37)19-10-8-7-9-11-19/h7-11,15-16,18,20-25,27H,12-14H2,1-6H3,(H,38,41)/t18-,20-,21+,22-,23+,24+,25-,27-,31+,32+,33-/m1/s1. The second kappa shape index (κ2) is 10.5. The van der Waals surface area contributed by atoms with Gasteiger partial charge in [-0.05, 0) is 44.9 Å². The van der Waals surface area contributed by atoms with E-state index in [-0.39, 0.29) is 11.8 Å². The number of benzene rings is 1. The number of esters is 1. The molecule has 2 bridgehead atoms. The van der Waals surface area contributed by atoms with Crippen LogP contribution in [0.1, 0.15) is 59.4 Å². The monoisotopic (exact) mass is 631 g/mol. The minimum absolute atomic E-state index is 0.162. The van der Waals surface area contributed by atoms with E-state index in [0.29, 0.717) is 19.3 Å². The van der Waals surface area contributed by atoms with Crippen LogP contribution in [0.4, 0.5) is 13.2 Å². The van der Waals surface area contributed by atoms with Gasteiger partial charge in [0.25, 0.3) is 5.60 Å². The van der Waals surface area contributed by atoms with Gasteiger partial charge in [0.05, 0.1) is 11.5 Å². The summed E-state index contributed by atoms with van der Waals surface area (Å²) >= 11 is 0. The minimum Gasteiger partial charge on any atom is -0.451 e. The molecule has 244 valence electrons. The van der Waals surface area contributed by atoms with Crippen LogP contribution < -0.4 is 5.32 Å². The fourth-order valence-electron chi connectivity index (χ4n) is 9.48. The van der Waals surface area contributed by atoms with Gasteiger partial charge < -0.3 is 19.5 Å². The largest absolute Gasteiger partial charge is 0.451 e. The molecule has 3 aliphatic heterocycles. The predicted octanol–water partition coefficient (Wildman–Crippen LogP) is 4.70. The zero-order valence-corrected chi connectivity index (χ0v) is 26.3. The molecule has 4 fully saturated rings. The molecule has 11 atom stereocenters. The van der Waals surface area contributed by atoms with E-state index < -0.39 is 93.7 Å². The van der Waals surface area contributed by atoms with Gasteiger partial charge in [-0.3, -0.25) is 14.4 Å². The number of fused-ring (bicyclic) bond motifs is 5. The predicted molar refractivity (Wildman–Crippen MR) is 154 cm³/mol. The van der Waals surface area contributed by atoms with E-state index in [0.717, 1.165) is 24.8 Å². The van der Waals surface area contributed by atoms with E-state index in [9.17, 15) is 27.6 Å². The Bertz CT molecular complexity index is 1460. The quantitative estimate of drug-likeness (QED) is 0.276. The number of halogens is 3. The first-order valence-electron chi connectivity index (χ1n) is 15.7. The highest BCUT2D eigenvalue weighted by Gasteiger charge is 2.77. The van der Waals surface area contributed by atoms with Crippen LogP contribution >= 0.6 is 0 Å². The highest BCUT2D eigenvalue weighted by Crippen LogP contribution is 2.65. The van der Waals surface area contributed by atoms with Crippen molar-refractivity contribution < 1.29 is 46.6 Å². The van der Waals surface area contributed by atoms with Gasteiger partial charge >= 0.3 is 12.1 Å². The molecule has 0 unspecified atom stereocenters. The summed E-state index contributed by atoms with van der Waals surface area (Å²) in [5.74, 6) is -7.26. The number of hydrogen-bond acceptors (Lipinski definition) is 7. The second-order valence-corrected chi connectivity index (χ2v) is 14.2. The lowest BCUT2D eigenvalue weighted by Gasteiger charge is -2.59. The highest BCUT2D eigenvalue weighted by molar-refractivity contribution is 6.14. The molecule has 1 aromatic carbocycles. The average molecular weight is 632 g/mol. The number of methoxy groups -OCH3 is 1. The van der Waals surface area contributed by atoms with Crippen LogP contribution in [0.5, 0.6) is 0 Å². The average Bonchev–Trinajstić information content (AvgIpc) is 3.47. The van der Waals surface area contributed by atoms with Gasteiger partial charge in [0, 0.05) is 36.5 Å². The highest BCUT2D eigenvalue weighted by atomic mass is 19.4. The maximum Gasteiger partial charge on any atom is 0.432 e. The molecule has 1 amide bonds. The Morgan fingerprint density at radius 2 is 1.80 bits per heavy atom. The van der Waals surface area contributed by atoms with Crippen molar-refractivity contribution in [1.29, 1.82) is 0 Å². The zero-order chi connectivity index (χ0) is 32.9. The Morgan fingerprint density at radius 3 is 2.40 bits per heavy atom. The first-order valence-corrected chi connectivity index (χ1v) is 15.7. The number of alkyl halides is 3. The van der Waals surface area contributed by atoms with Crippen molar-refractivity contribution in [2.75, 3.05) is 7.11 Å². The number of ketones is 2. The summed E-state index contributed by atoms with van der Waals surface area (Å²) in [5, 5.41) is 3.06. The molecule has 45 heavy (non-hydrogen) atoms. The summed E-state index contributed by atoms with van der Waals surface area (Å²) in [6, 6.07) is 5.92. The molecule has 1 N–H and O–H groups in total. The number of carbonyl (C=O) groups excluding carboxylic acids is 4. The van der Waals surface area contributed by atoms with E-state index in [1.807, 2.05) is 40.7 Å². The van der Waals surface area contributed by atoms with Gasteiger partial charge in [0.2, 0.25) is 5.91 Å². The Labute approximate surface area is 260 Å². The van der Waals surface area contributed by atoms with Crippen molar-refractivity contribution >= 4 is 23.4 Å². The maximum absolute atomic E-state index is 15.1. The molecule has 1 saturated carbocycles. The smallest absolute Gasteiger partial charge is 0.432 e. The van der Waals surface area contributed by atoms with Crippen molar-refractivity contribution in [3.8, 4) is 0 Å². The van der Waals surface area contributed by atoms with Gasteiger partial charge in [0.15, 0.2) is 17.7 Å². The molecule has 6 rings (SSSR count). The van der Waals surface area contributed by atoms with E-state index in [4.69, 9.17) is 14.2 Å². The Hall–Kier alpha value is -3.05. The van der Waals surface area contributed by atoms with Gasteiger partial charge in [0.1, 0.15) is 11.5 Å². The Kier molecular flexibility index (Phi) is 7.44. The molecule has 0 radical (unpaired) electrons. The molecule has 3 saturated heterocycles. The van der Waals surface area contributed by atoms with Crippen LogP contribution in [0.15, 0.2) is 42.0 Å². The summed E-state index contributed by atoms with van der Waals surface area (Å²) in [7, 11) is 0.746. The minimum atomic E-state index is -5.29. The third-order valence-electron chi connectivity index (χ3n) is 11.4. The number of ether oxygens (including phenoxy) is 3. The molecule has 2 aliphatic carbocycles. The number of carbonyl (C=O) groups is 4. The fourth-order valence-corrected chi connectivity index (χ4v) is 9.48. The van der Waals surface area contributed by atoms with Gasteiger partial charge in [-0.2, -0.15) is 13.2 Å². The first-order chi connectivity index (χ1) is 21.1. The fraction of sp³-hybridized carbons (Fsp3) is 0.647. The van der Waals surface area contributed by atoms with Crippen LogP contribution in [-0.4, -0.2) is 60.6 Å². The molecule has 0 aromatic heterocycles. The molecule has 1 spiro atoms. The van der Waals surface area contributed by atoms with Crippen molar-refractivity contribution in [2.45, 2.75) is 89.5 Å². The summed E-state index contributed by atoms with van der Waals surface area (Å²) in [6.07, 6.45) is -4.86. The molecule has 5 aliphatic rings. The molecular weight excluding hydrogens is 591 g/mol. The topological polar surface area (TPSA) is 108 Å². The first kappa shape index (κ1) is 31.9. The molecule has 1 aromatic rings. The summed E-state index contributed by atoms with van der Waals surface area (Å²) in [4.78, 5) is 57.4. The van der Waals surface area contributed by atoms with E-state index in [1.54, 1.807) is 0 Å². The third-order valence-corrected chi connectivity index (χ3v) is 11.4. The SMILES string of the molecule is CO[C@@](C(=O)O[C@H]1C(=O)[C@@]23C(=O)N[C@@H](CC(C)C)[C@@H]2[C@H](C)C(C)=C[C@@H]3[C@@H]2[C@H]1C(=O)[C@H]1CC[C@]2(C)O1)(c1ccccc1)C(F)(F)F. The van der Waals surface area contributed by atoms with Crippen molar-refractivity contribution in [1.82, 2.24) is 5.32 Å². The Balaban J connectivity index is 1.55. The number of amides is 1. The molecule has 11 heteroatoms. The lowest BCUT2D eigenvalue weighted by atomic mass is 9.44. The van der Waals surface area contributed by atoms with E-state index >= 15 is 4.79 Å². The summed E-state index contributed by atoms with van der Waals surface area (Å²) < 4.78 is 61.7. The van der Waals surface area contributed by atoms with Crippen LogP contribution in [0.25, 0.3) is 0 Å². The van der Waals surface area contributed by atoms with Gasteiger partial charge in [-0.1, -0.05) is 62.8 Å². The molecular formula is C34H40F3NO7. The number of Topliss-reactive ketones (excluding diaryl/α,β-unsaturated/α-hetero) is 2.